The molecular formula is C24H29N5O4. The van der Waals surface area contributed by atoms with Gasteiger partial charge in [-0.05, 0) is 31.9 Å². The number of piperazine rings is 1. The van der Waals surface area contributed by atoms with E-state index < -0.39 is 5.54 Å². The molecule has 1 unspecified atom stereocenters. The largest absolute Gasteiger partial charge is 0.450 e. The summed E-state index contributed by atoms with van der Waals surface area (Å²) in [6, 6.07) is 9.33. The quantitative estimate of drug-likeness (QED) is 0.769. The lowest BCUT2D eigenvalue weighted by Gasteiger charge is -2.34. The summed E-state index contributed by atoms with van der Waals surface area (Å²) in [5, 5.41) is 3.67. The van der Waals surface area contributed by atoms with Crippen molar-refractivity contribution in [2.24, 2.45) is 10.9 Å². The second kappa shape index (κ2) is 8.80. The highest BCUT2D eigenvalue weighted by Crippen LogP contribution is 2.28. The number of carbonyl (C=O) groups is 3. The van der Waals surface area contributed by atoms with Crippen molar-refractivity contribution in [3.63, 3.8) is 0 Å². The van der Waals surface area contributed by atoms with Crippen LogP contribution in [0.4, 0.5) is 4.79 Å². The van der Waals surface area contributed by atoms with Gasteiger partial charge in [0.25, 0.3) is 11.8 Å². The molecule has 1 N–H and O–H groups in total. The second-order valence-corrected chi connectivity index (χ2v) is 8.77. The third-order valence-corrected chi connectivity index (χ3v) is 6.43. The number of hydrogen-bond acceptors (Lipinski definition) is 6. The predicted molar refractivity (Wildman–Crippen MR) is 124 cm³/mol. The van der Waals surface area contributed by atoms with Gasteiger partial charge in [0.15, 0.2) is 5.84 Å². The number of pyridine rings is 1. The standard InChI is InChI=1S/C24H29N5O4/c1-5-33-23(32)29-12-10-28(11-13-29)21(30)17-14-16-8-6-7-9-18(16)25-19(17)20-26-22(31)24(4,27-20)15(2)3/h6-9,14-15H,5,10-13H2,1-4H3,(H,26,27,31). The van der Waals surface area contributed by atoms with E-state index in [1.807, 2.05) is 38.1 Å². The van der Waals surface area contributed by atoms with Crippen LogP contribution in [0.15, 0.2) is 35.3 Å². The summed E-state index contributed by atoms with van der Waals surface area (Å²) in [6.45, 7) is 9.29. The molecule has 1 atom stereocenters. The van der Waals surface area contributed by atoms with Crippen molar-refractivity contribution in [1.82, 2.24) is 20.1 Å². The molecule has 0 bridgehead atoms. The number of para-hydroxylation sites is 1. The van der Waals surface area contributed by atoms with Crippen LogP contribution in [0, 0.1) is 5.92 Å². The van der Waals surface area contributed by atoms with Crippen LogP contribution in [0.1, 0.15) is 43.7 Å². The Morgan fingerprint density at radius 1 is 1.15 bits per heavy atom. The van der Waals surface area contributed by atoms with Gasteiger partial charge in [-0.2, -0.15) is 0 Å². The molecule has 4 rings (SSSR count). The maximum Gasteiger partial charge on any atom is 0.409 e. The van der Waals surface area contributed by atoms with Gasteiger partial charge in [0.05, 0.1) is 17.7 Å². The number of carbonyl (C=O) groups excluding carboxylic acids is 3. The van der Waals surface area contributed by atoms with Crippen LogP contribution in [0.2, 0.25) is 0 Å². The van der Waals surface area contributed by atoms with Crippen LogP contribution < -0.4 is 5.32 Å². The Bertz CT molecular complexity index is 1140. The average Bonchev–Trinajstić information content (AvgIpc) is 3.13. The van der Waals surface area contributed by atoms with E-state index in [-0.39, 0.29) is 23.8 Å². The Hall–Kier alpha value is -3.49. The lowest BCUT2D eigenvalue weighted by atomic mass is 9.89. The first-order valence-corrected chi connectivity index (χ1v) is 11.3. The monoisotopic (exact) mass is 451 g/mol. The number of amides is 3. The van der Waals surface area contributed by atoms with Gasteiger partial charge in [-0.25, -0.2) is 14.8 Å². The summed E-state index contributed by atoms with van der Waals surface area (Å²) >= 11 is 0. The van der Waals surface area contributed by atoms with E-state index in [1.165, 1.54) is 0 Å². The molecular weight excluding hydrogens is 422 g/mol. The van der Waals surface area contributed by atoms with E-state index in [0.29, 0.717) is 55.4 Å². The number of aliphatic imine (C=N–C) groups is 1. The molecule has 9 nitrogen and oxygen atoms in total. The van der Waals surface area contributed by atoms with E-state index in [0.717, 1.165) is 5.39 Å². The van der Waals surface area contributed by atoms with Crippen LogP contribution in [-0.4, -0.2) is 76.9 Å². The highest BCUT2D eigenvalue weighted by molar-refractivity contribution is 6.19. The fourth-order valence-corrected chi connectivity index (χ4v) is 3.99. The van der Waals surface area contributed by atoms with Gasteiger partial charge in [0.1, 0.15) is 11.2 Å². The molecule has 1 aromatic carbocycles. The third-order valence-electron chi connectivity index (χ3n) is 6.43. The SMILES string of the molecule is CCOC(=O)N1CCN(C(=O)c2cc3ccccc3nc2C2=NC(C)(C(C)C)C(=O)N2)CC1. The molecule has 0 saturated carbocycles. The molecule has 33 heavy (non-hydrogen) atoms. The third kappa shape index (κ3) is 4.15. The highest BCUT2D eigenvalue weighted by Gasteiger charge is 2.43. The number of nitrogens with one attached hydrogen (secondary N) is 1. The summed E-state index contributed by atoms with van der Waals surface area (Å²) in [5.41, 5.74) is 0.537. The van der Waals surface area contributed by atoms with Gasteiger partial charge in [-0.3, -0.25) is 9.59 Å². The molecule has 2 aliphatic heterocycles. The first-order valence-electron chi connectivity index (χ1n) is 11.3. The van der Waals surface area contributed by atoms with Crippen molar-refractivity contribution in [3.8, 4) is 0 Å². The summed E-state index contributed by atoms with van der Waals surface area (Å²) < 4.78 is 5.06. The predicted octanol–water partition coefficient (Wildman–Crippen LogP) is 2.44. The van der Waals surface area contributed by atoms with Crippen molar-refractivity contribution in [2.75, 3.05) is 32.8 Å². The van der Waals surface area contributed by atoms with Gasteiger partial charge in [0, 0.05) is 31.6 Å². The molecule has 174 valence electrons. The molecule has 0 radical (unpaired) electrons. The van der Waals surface area contributed by atoms with Crippen LogP contribution in [0.5, 0.6) is 0 Å². The number of nitrogens with zero attached hydrogens (tertiary/aromatic N) is 4. The Morgan fingerprint density at radius 3 is 2.45 bits per heavy atom. The minimum Gasteiger partial charge on any atom is -0.450 e. The van der Waals surface area contributed by atoms with Gasteiger partial charge in [-0.1, -0.05) is 32.0 Å². The Morgan fingerprint density at radius 2 is 1.82 bits per heavy atom. The number of rotatable bonds is 4. The number of amidine groups is 1. The van der Waals surface area contributed by atoms with Crippen molar-refractivity contribution in [2.45, 2.75) is 33.2 Å². The molecule has 9 heteroatoms. The Balaban J connectivity index is 1.68. The van der Waals surface area contributed by atoms with E-state index in [4.69, 9.17) is 9.72 Å². The van der Waals surface area contributed by atoms with Crippen LogP contribution in [-0.2, 0) is 9.53 Å². The smallest absolute Gasteiger partial charge is 0.409 e. The van der Waals surface area contributed by atoms with Gasteiger partial charge >= 0.3 is 6.09 Å². The minimum atomic E-state index is -0.922. The molecule has 1 saturated heterocycles. The van der Waals surface area contributed by atoms with Crippen LogP contribution in [0.25, 0.3) is 10.9 Å². The van der Waals surface area contributed by atoms with E-state index in [1.54, 1.807) is 29.7 Å². The van der Waals surface area contributed by atoms with E-state index >= 15 is 0 Å². The van der Waals surface area contributed by atoms with Crippen LogP contribution in [0.3, 0.4) is 0 Å². The Kier molecular flexibility index (Phi) is 6.05. The van der Waals surface area contributed by atoms with Crippen molar-refractivity contribution in [1.29, 1.82) is 0 Å². The minimum absolute atomic E-state index is 0.0226. The molecule has 1 aromatic heterocycles. The van der Waals surface area contributed by atoms with E-state index in [2.05, 4.69) is 10.3 Å². The molecule has 3 heterocycles. The lowest BCUT2D eigenvalue weighted by molar-refractivity contribution is -0.124. The number of benzene rings is 1. The summed E-state index contributed by atoms with van der Waals surface area (Å²) in [7, 11) is 0. The first-order chi connectivity index (χ1) is 15.7. The van der Waals surface area contributed by atoms with E-state index in [9.17, 15) is 14.4 Å². The Labute approximate surface area is 192 Å². The fourth-order valence-electron chi connectivity index (χ4n) is 3.99. The average molecular weight is 452 g/mol. The number of hydrogen-bond donors (Lipinski definition) is 1. The molecule has 2 aliphatic rings. The number of fused-ring (bicyclic) bond motifs is 1. The normalized spacial score (nSPS) is 20.8. The fraction of sp³-hybridized carbons (Fsp3) is 0.458. The zero-order chi connectivity index (χ0) is 23.8. The van der Waals surface area contributed by atoms with Crippen molar-refractivity contribution >= 4 is 34.6 Å². The van der Waals surface area contributed by atoms with Gasteiger partial charge in [-0.15, -0.1) is 0 Å². The molecule has 0 spiro atoms. The maximum absolute atomic E-state index is 13.6. The summed E-state index contributed by atoms with van der Waals surface area (Å²) in [4.78, 5) is 51.0. The zero-order valence-electron chi connectivity index (χ0n) is 19.4. The summed E-state index contributed by atoms with van der Waals surface area (Å²) in [5.74, 6) is -0.119. The topological polar surface area (TPSA) is 104 Å². The molecule has 1 fully saturated rings. The second-order valence-electron chi connectivity index (χ2n) is 8.77. The van der Waals surface area contributed by atoms with Gasteiger partial charge < -0.3 is 19.9 Å². The molecule has 3 amide bonds. The molecule has 0 aliphatic carbocycles. The van der Waals surface area contributed by atoms with Crippen molar-refractivity contribution in [3.05, 3.63) is 41.6 Å². The van der Waals surface area contributed by atoms with Gasteiger partial charge in [0.2, 0.25) is 0 Å². The first kappa shape index (κ1) is 22.7. The highest BCUT2D eigenvalue weighted by atomic mass is 16.6. The number of ether oxygens (including phenoxy) is 1. The number of aromatic nitrogens is 1. The molecule has 2 aromatic rings. The zero-order valence-corrected chi connectivity index (χ0v) is 19.4. The maximum atomic E-state index is 13.6. The lowest BCUT2D eigenvalue weighted by Crippen LogP contribution is -2.51. The summed E-state index contributed by atoms with van der Waals surface area (Å²) in [6.07, 6.45) is -0.367. The van der Waals surface area contributed by atoms with Crippen LogP contribution >= 0.6 is 0 Å². The van der Waals surface area contributed by atoms with Crippen molar-refractivity contribution < 1.29 is 19.1 Å².